The van der Waals surface area contributed by atoms with Gasteiger partial charge in [-0.25, -0.2) is 4.98 Å². The van der Waals surface area contributed by atoms with Crippen LogP contribution in [-0.4, -0.2) is 31.3 Å². The number of nitrogens with two attached hydrogens (primary N) is 1. The molecule has 0 unspecified atom stereocenters. The molecule has 0 spiro atoms. The first-order chi connectivity index (χ1) is 18.9. The number of nitrogens with zero attached hydrogens (tertiary/aromatic N) is 3. The summed E-state index contributed by atoms with van der Waals surface area (Å²) in [5, 5.41) is 12.5. The Labute approximate surface area is 224 Å². The van der Waals surface area contributed by atoms with E-state index in [1.54, 1.807) is 40.9 Å². The van der Waals surface area contributed by atoms with Gasteiger partial charge in [-0.3, -0.25) is 14.6 Å². The molecule has 9 nitrogen and oxygen atoms in total. The van der Waals surface area contributed by atoms with Crippen LogP contribution in [0.5, 0.6) is 11.6 Å². The lowest BCUT2D eigenvalue weighted by Crippen LogP contribution is -2.12. The van der Waals surface area contributed by atoms with Gasteiger partial charge in [0.25, 0.3) is 5.91 Å². The van der Waals surface area contributed by atoms with Crippen LogP contribution in [0.2, 0.25) is 0 Å². The van der Waals surface area contributed by atoms with Crippen LogP contribution in [0.25, 0.3) is 27.9 Å². The highest BCUT2D eigenvalue weighted by Crippen LogP contribution is 2.40. The third-order valence-electron chi connectivity index (χ3n) is 6.12. The van der Waals surface area contributed by atoms with Crippen molar-refractivity contribution in [2.75, 3.05) is 5.32 Å². The summed E-state index contributed by atoms with van der Waals surface area (Å²) in [6.07, 6.45) is 4.39. The number of anilines is 1. The summed E-state index contributed by atoms with van der Waals surface area (Å²) in [6.45, 7) is 5.08. The first-order valence-corrected chi connectivity index (χ1v) is 12.1. The number of rotatable bonds is 8. The minimum absolute atomic E-state index is 0.277. The van der Waals surface area contributed by atoms with Crippen LogP contribution >= 0.6 is 0 Å². The molecule has 3 heterocycles. The summed E-state index contributed by atoms with van der Waals surface area (Å²) in [4.78, 5) is 33.2. The minimum atomic E-state index is -0.619. The molecule has 39 heavy (non-hydrogen) atoms. The van der Waals surface area contributed by atoms with Gasteiger partial charge in [0, 0.05) is 29.2 Å². The van der Waals surface area contributed by atoms with E-state index in [1.807, 2.05) is 43.3 Å². The number of carbonyl (C=O) groups is 2. The molecular formula is C30H25N5O4. The van der Waals surface area contributed by atoms with Gasteiger partial charge >= 0.3 is 0 Å². The zero-order valence-corrected chi connectivity index (χ0v) is 21.1. The third-order valence-corrected chi connectivity index (χ3v) is 6.12. The van der Waals surface area contributed by atoms with Crippen molar-refractivity contribution in [3.63, 3.8) is 0 Å². The molecule has 0 aliphatic carbocycles. The number of aromatic nitrogens is 3. The predicted molar refractivity (Wildman–Crippen MR) is 148 cm³/mol. The number of primary amides is 1. The molecule has 0 bridgehead atoms. The van der Waals surface area contributed by atoms with Crippen molar-refractivity contribution in [2.45, 2.75) is 13.5 Å². The molecule has 0 saturated heterocycles. The number of aliphatic hydroxyl groups excluding tert-OH is 1. The summed E-state index contributed by atoms with van der Waals surface area (Å²) in [5.74, 6) is 0.109. The van der Waals surface area contributed by atoms with Crippen molar-refractivity contribution < 1.29 is 19.4 Å². The monoisotopic (exact) mass is 519 g/mol. The third kappa shape index (κ3) is 5.11. The molecule has 2 aromatic carbocycles. The molecule has 9 heteroatoms. The van der Waals surface area contributed by atoms with Crippen molar-refractivity contribution >= 4 is 23.0 Å². The maximum Gasteiger partial charge on any atom is 0.251 e. The molecule has 2 amide bonds. The molecular weight excluding hydrogens is 494 g/mol. The van der Waals surface area contributed by atoms with Gasteiger partial charge in [-0.1, -0.05) is 36.9 Å². The summed E-state index contributed by atoms with van der Waals surface area (Å²) >= 11 is 0. The molecule has 0 aliphatic heterocycles. The van der Waals surface area contributed by atoms with Gasteiger partial charge < -0.3 is 25.3 Å². The number of amides is 2. The summed E-state index contributed by atoms with van der Waals surface area (Å²) in [6, 6.07) is 20.0. The van der Waals surface area contributed by atoms with Crippen LogP contribution in [0.1, 0.15) is 21.7 Å². The van der Waals surface area contributed by atoms with Crippen molar-refractivity contribution in [3.05, 3.63) is 109 Å². The quantitative estimate of drug-likeness (QED) is 0.250. The van der Waals surface area contributed by atoms with Crippen LogP contribution in [0.15, 0.2) is 91.8 Å². The Kier molecular flexibility index (Phi) is 6.90. The Hall–Kier alpha value is -5.28. The molecule has 3 aromatic heterocycles. The van der Waals surface area contributed by atoms with E-state index in [2.05, 4.69) is 21.9 Å². The first-order valence-electron chi connectivity index (χ1n) is 12.1. The van der Waals surface area contributed by atoms with Crippen molar-refractivity contribution in [1.29, 1.82) is 0 Å². The number of hydrogen-bond donors (Lipinski definition) is 3. The van der Waals surface area contributed by atoms with Gasteiger partial charge in [-0.15, -0.1) is 0 Å². The fourth-order valence-corrected chi connectivity index (χ4v) is 4.38. The number of nitrogens with one attached hydrogen (secondary N) is 1. The largest absolute Gasteiger partial charge is 0.439 e. The van der Waals surface area contributed by atoms with Crippen LogP contribution in [-0.2, 0) is 11.4 Å². The summed E-state index contributed by atoms with van der Waals surface area (Å²) in [7, 11) is 0. The van der Waals surface area contributed by atoms with E-state index in [-0.39, 0.29) is 12.5 Å². The predicted octanol–water partition coefficient (Wildman–Crippen LogP) is 4.88. The Morgan fingerprint density at radius 1 is 1.08 bits per heavy atom. The van der Waals surface area contributed by atoms with Gasteiger partial charge in [-0.2, -0.15) is 0 Å². The molecule has 0 saturated carbocycles. The molecule has 0 atom stereocenters. The van der Waals surface area contributed by atoms with E-state index in [1.165, 1.54) is 12.3 Å². The molecule has 4 N–H and O–H groups in total. The maximum atomic E-state index is 12.8. The van der Waals surface area contributed by atoms with Gasteiger partial charge in [0.2, 0.25) is 11.8 Å². The first kappa shape index (κ1) is 25.4. The smallest absolute Gasteiger partial charge is 0.251 e. The Morgan fingerprint density at radius 3 is 2.44 bits per heavy atom. The van der Waals surface area contributed by atoms with Crippen LogP contribution in [0.3, 0.4) is 0 Å². The number of ether oxygens (including phenoxy) is 1. The number of aliphatic hydroxyl groups is 1. The highest BCUT2D eigenvalue weighted by atomic mass is 16.5. The Morgan fingerprint density at radius 2 is 1.79 bits per heavy atom. The second-order valence-corrected chi connectivity index (χ2v) is 8.77. The number of benzene rings is 2. The van der Waals surface area contributed by atoms with Gasteiger partial charge in [0.1, 0.15) is 5.75 Å². The van der Waals surface area contributed by atoms with Crippen molar-refractivity contribution in [1.82, 2.24) is 14.4 Å². The highest BCUT2D eigenvalue weighted by molar-refractivity contribution is 6.10. The van der Waals surface area contributed by atoms with E-state index in [9.17, 15) is 14.7 Å². The van der Waals surface area contributed by atoms with Gasteiger partial charge in [0.05, 0.1) is 35.3 Å². The number of hydrogen-bond acceptors (Lipinski definition) is 6. The number of pyridine rings is 1. The van der Waals surface area contributed by atoms with Crippen molar-refractivity contribution in [3.8, 4) is 34.0 Å². The second-order valence-electron chi connectivity index (χ2n) is 8.77. The van der Waals surface area contributed by atoms with E-state index < -0.39 is 5.91 Å². The molecule has 0 fully saturated rings. The molecule has 5 aromatic rings. The molecule has 0 aliphatic rings. The van der Waals surface area contributed by atoms with Gasteiger partial charge in [0.15, 0.2) is 0 Å². The maximum absolute atomic E-state index is 12.8. The molecule has 5 rings (SSSR count). The molecule has 194 valence electrons. The Bertz CT molecular complexity index is 1710. The second kappa shape index (κ2) is 10.6. The molecule has 0 radical (unpaired) electrons. The zero-order valence-electron chi connectivity index (χ0n) is 21.1. The summed E-state index contributed by atoms with van der Waals surface area (Å²) < 4.78 is 7.70. The van der Waals surface area contributed by atoms with E-state index in [0.29, 0.717) is 45.3 Å². The lowest BCUT2D eigenvalue weighted by atomic mass is 9.96. The topological polar surface area (TPSA) is 132 Å². The lowest BCUT2D eigenvalue weighted by Gasteiger charge is -2.11. The normalized spacial score (nSPS) is 10.8. The Balaban J connectivity index is 1.66. The highest BCUT2D eigenvalue weighted by Gasteiger charge is 2.25. The SMILES string of the molecule is C=CC(=O)Nc1ccc(-c2c(-c3ccc(Oc4cccc(C)n4)cc3)c(C(N)=O)c3cnc(CO)cn23)cc1. The van der Waals surface area contributed by atoms with Gasteiger partial charge in [-0.05, 0) is 54.5 Å². The van der Waals surface area contributed by atoms with Crippen molar-refractivity contribution in [2.24, 2.45) is 5.73 Å². The van der Waals surface area contributed by atoms with E-state index >= 15 is 0 Å². The average Bonchev–Trinajstić information content (AvgIpc) is 3.28. The van der Waals surface area contributed by atoms with Crippen LogP contribution < -0.4 is 15.8 Å². The van der Waals surface area contributed by atoms with E-state index in [4.69, 9.17) is 10.5 Å². The number of carbonyl (C=O) groups excluding carboxylic acids is 2. The van der Waals surface area contributed by atoms with E-state index in [0.717, 1.165) is 16.8 Å². The van der Waals surface area contributed by atoms with Crippen LogP contribution in [0, 0.1) is 6.92 Å². The standard InChI is InChI=1S/C30H25N5O4/c1-3-25(37)34-21-11-7-20(8-12-21)29-27(28(30(31)38)24-15-32-22(17-36)16-35(24)29)19-9-13-23(14-10-19)39-26-6-4-5-18(2)33-26/h3-16,36H,1,17H2,2H3,(H2,31,38)(H,34,37). The fraction of sp³-hybridized carbons (Fsp3) is 0.0667. The van der Waals surface area contributed by atoms with Crippen LogP contribution in [0.4, 0.5) is 5.69 Å². The number of fused-ring (bicyclic) bond motifs is 1. The minimum Gasteiger partial charge on any atom is -0.439 e. The number of aryl methyl sites for hydroxylation is 1. The summed E-state index contributed by atoms with van der Waals surface area (Å²) in [5.41, 5.74) is 11.3. The fourth-order valence-electron chi connectivity index (χ4n) is 4.38. The lowest BCUT2D eigenvalue weighted by molar-refractivity contribution is -0.111. The zero-order chi connectivity index (χ0) is 27.5. The average molecular weight is 520 g/mol.